The first kappa shape index (κ1) is 7.56. The van der Waals surface area contributed by atoms with Gasteiger partial charge in [0.1, 0.15) is 0 Å². The highest BCUT2D eigenvalue weighted by molar-refractivity contribution is 5.13. The van der Waals surface area contributed by atoms with Gasteiger partial charge in [-0.3, -0.25) is 4.90 Å². The highest BCUT2D eigenvalue weighted by Gasteiger charge is 2.60. The second kappa shape index (κ2) is 1.80. The molecule has 11 heavy (non-hydrogen) atoms. The Kier molecular flexibility index (Phi) is 1.24. The summed E-state index contributed by atoms with van der Waals surface area (Å²) in [5.41, 5.74) is -0.0452. The summed E-state index contributed by atoms with van der Waals surface area (Å²) in [7, 11) is 0. The molecule has 2 heteroatoms. The number of rotatable bonds is 0. The topological polar surface area (TPSA) is 23.5 Å². The lowest BCUT2D eigenvalue weighted by Crippen LogP contribution is -2.42. The van der Waals surface area contributed by atoms with Crippen LogP contribution in [0.25, 0.3) is 0 Å². The largest absolute Gasteiger partial charge is 0.388 e. The summed E-state index contributed by atoms with van der Waals surface area (Å²) < 4.78 is 0. The third-order valence-electron chi connectivity index (χ3n) is 3.05. The Labute approximate surface area is 68.2 Å². The van der Waals surface area contributed by atoms with Crippen LogP contribution in [0.2, 0.25) is 0 Å². The minimum absolute atomic E-state index is 0.239. The number of aliphatic hydroxyl groups is 1. The van der Waals surface area contributed by atoms with Gasteiger partial charge in [-0.15, -0.1) is 0 Å². The van der Waals surface area contributed by atoms with Crippen LogP contribution in [0.1, 0.15) is 27.2 Å². The number of likely N-dealkylation sites (tertiary alicyclic amines) is 1. The first-order valence-corrected chi connectivity index (χ1v) is 4.39. The maximum absolute atomic E-state index is 9.76. The van der Waals surface area contributed by atoms with Gasteiger partial charge in [0.05, 0.1) is 5.60 Å². The van der Waals surface area contributed by atoms with Crippen LogP contribution in [0.5, 0.6) is 0 Å². The lowest BCUT2D eigenvalue weighted by Gasteiger charge is -2.33. The number of hydrogen-bond acceptors (Lipinski definition) is 2. The Balaban J connectivity index is 2.03. The van der Waals surface area contributed by atoms with Crippen molar-refractivity contribution in [2.24, 2.45) is 5.92 Å². The van der Waals surface area contributed by atoms with Crippen LogP contribution in [-0.2, 0) is 0 Å². The second-order valence-electron chi connectivity index (χ2n) is 5.06. The van der Waals surface area contributed by atoms with E-state index in [2.05, 4.69) is 25.7 Å². The van der Waals surface area contributed by atoms with E-state index in [9.17, 15) is 5.11 Å². The molecule has 1 aliphatic heterocycles. The maximum atomic E-state index is 9.76. The maximum Gasteiger partial charge on any atom is 0.0819 e. The molecule has 1 aliphatic carbocycles. The number of nitrogens with zero attached hydrogens (tertiary/aromatic N) is 1. The van der Waals surface area contributed by atoms with Gasteiger partial charge in [-0.25, -0.2) is 0 Å². The fraction of sp³-hybridized carbons (Fsp3) is 1.00. The van der Waals surface area contributed by atoms with Crippen molar-refractivity contribution in [3.8, 4) is 0 Å². The van der Waals surface area contributed by atoms with E-state index >= 15 is 0 Å². The zero-order valence-corrected chi connectivity index (χ0v) is 7.59. The van der Waals surface area contributed by atoms with Crippen molar-refractivity contribution in [1.82, 2.24) is 4.90 Å². The molecule has 2 unspecified atom stereocenters. The number of hydrogen-bond donors (Lipinski definition) is 1. The molecule has 1 saturated heterocycles. The third-order valence-corrected chi connectivity index (χ3v) is 3.05. The van der Waals surface area contributed by atoms with E-state index in [1.54, 1.807) is 0 Å². The summed E-state index contributed by atoms with van der Waals surface area (Å²) in [6.07, 6.45) is 1.04. The predicted octanol–water partition coefficient (Wildman–Crippen LogP) is 0.851. The van der Waals surface area contributed by atoms with Crippen LogP contribution in [0.4, 0.5) is 0 Å². The molecular formula is C9H17NO. The Morgan fingerprint density at radius 3 is 2.36 bits per heavy atom. The normalized spacial score (nSPS) is 44.2. The Bertz CT molecular complexity index is 184. The van der Waals surface area contributed by atoms with Crippen molar-refractivity contribution in [2.75, 3.05) is 13.1 Å². The van der Waals surface area contributed by atoms with Crippen molar-refractivity contribution in [1.29, 1.82) is 0 Å². The van der Waals surface area contributed by atoms with E-state index in [-0.39, 0.29) is 11.1 Å². The molecule has 2 rings (SSSR count). The molecule has 0 aromatic carbocycles. The lowest BCUT2D eigenvalue weighted by molar-refractivity contribution is 0.0881. The Morgan fingerprint density at radius 1 is 1.45 bits per heavy atom. The highest BCUT2D eigenvalue weighted by atomic mass is 16.3. The minimum atomic E-state index is -0.284. The van der Waals surface area contributed by atoms with Crippen molar-refractivity contribution < 1.29 is 5.11 Å². The molecule has 0 aromatic rings. The molecule has 0 bridgehead atoms. The summed E-state index contributed by atoms with van der Waals surface area (Å²) in [6, 6.07) is 0. The number of piperidine rings is 1. The highest BCUT2D eigenvalue weighted by Crippen LogP contribution is 2.50. The van der Waals surface area contributed by atoms with E-state index in [0.29, 0.717) is 5.92 Å². The summed E-state index contributed by atoms with van der Waals surface area (Å²) >= 11 is 0. The smallest absolute Gasteiger partial charge is 0.0819 e. The Morgan fingerprint density at radius 2 is 2.09 bits per heavy atom. The van der Waals surface area contributed by atoms with Gasteiger partial charge in [-0.05, 0) is 27.2 Å². The molecule has 2 nitrogen and oxygen atoms in total. The van der Waals surface area contributed by atoms with Gasteiger partial charge < -0.3 is 5.11 Å². The monoisotopic (exact) mass is 155 g/mol. The van der Waals surface area contributed by atoms with E-state index < -0.39 is 0 Å². The van der Waals surface area contributed by atoms with Crippen molar-refractivity contribution in [2.45, 2.75) is 38.3 Å². The lowest BCUT2D eigenvalue weighted by atomic mass is 10.1. The predicted molar refractivity (Wildman–Crippen MR) is 44.4 cm³/mol. The molecule has 0 aromatic heterocycles. The first-order chi connectivity index (χ1) is 4.92. The molecule has 0 radical (unpaired) electrons. The zero-order chi connectivity index (χ0) is 8.28. The summed E-state index contributed by atoms with van der Waals surface area (Å²) in [5, 5.41) is 9.76. The number of β-amino-alcohol motifs (C(OH)–C–C–N with tert-alkyl or cyclic N) is 1. The molecule has 1 heterocycles. The van der Waals surface area contributed by atoms with Gasteiger partial charge in [0, 0.05) is 24.5 Å². The SMILES string of the molecule is CC(C)(C)N1CC2CC2(O)C1. The Hall–Kier alpha value is -0.0800. The molecule has 2 fully saturated rings. The van der Waals surface area contributed by atoms with Crippen molar-refractivity contribution >= 4 is 0 Å². The van der Waals surface area contributed by atoms with Crippen LogP contribution in [0, 0.1) is 5.92 Å². The first-order valence-electron chi connectivity index (χ1n) is 4.39. The van der Waals surface area contributed by atoms with E-state index in [1.165, 1.54) is 0 Å². The summed E-state index contributed by atoms with van der Waals surface area (Å²) in [4.78, 5) is 2.38. The third kappa shape index (κ3) is 1.09. The van der Waals surface area contributed by atoms with Gasteiger partial charge in [0.2, 0.25) is 0 Å². The molecular weight excluding hydrogens is 138 g/mol. The van der Waals surface area contributed by atoms with Crippen molar-refractivity contribution in [3.05, 3.63) is 0 Å². The zero-order valence-electron chi connectivity index (χ0n) is 7.59. The molecule has 0 amide bonds. The van der Waals surface area contributed by atoms with Crippen molar-refractivity contribution in [3.63, 3.8) is 0 Å². The average Bonchev–Trinajstić information content (AvgIpc) is 2.30. The van der Waals surface area contributed by atoms with Crippen LogP contribution < -0.4 is 0 Å². The fourth-order valence-electron chi connectivity index (χ4n) is 1.97. The quantitative estimate of drug-likeness (QED) is 0.560. The van der Waals surface area contributed by atoms with E-state index in [0.717, 1.165) is 19.5 Å². The molecule has 1 N–H and O–H groups in total. The fourth-order valence-corrected chi connectivity index (χ4v) is 1.97. The van der Waals surface area contributed by atoms with Crippen LogP contribution in [-0.4, -0.2) is 34.2 Å². The summed E-state index contributed by atoms with van der Waals surface area (Å²) in [5.74, 6) is 0.585. The molecule has 0 spiro atoms. The molecule has 64 valence electrons. The van der Waals surface area contributed by atoms with Gasteiger partial charge in [-0.2, -0.15) is 0 Å². The van der Waals surface area contributed by atoms with Crippen LogP contribution in [0.15, 0.2) is 0 Å². The standard InChI is InChI=1S/C9H17NO/c1-8(2,3)10-5-7-4-9(7,11)6-10/h7,11H,4-6H2,1-3H3. The summed E-state index contributed by atoms with van der Waals surface area (Å²) in [6.45, 7) is 8.62. The minimum Gasteiger partial charge on any atom is -0.388 e. The van der Waals surface area contributed by atoms with Gasteiger partial charge in [-0.1, -0.05) is 0 Å². The van der Waals surface area contributed by atoms with Gasteiger partial charge in [0.25, 0.3) is 0 Å². The van der Waals surface area contributed by atoms with E-state index in [4.69, 9.17) is 0 Å². The average molecular weight is 155 g/mol. The van der Waals surface area contributed by atoms with Gasteiger partial charge >= 0.3 is 0 Å². The molecule has 2 aliphatic rings. The number of fused-ring (bicyclic) bond motifs is 1. The second-order valence-corrected chi connectivity index (χ2v) is 5.06. The van der Waals surface area contributed by atoms with Gasteiger partial charge in [0.15, 0.2) is 0 Å². The molecule has 2 atom stereocenters. The van der Waals surface area contributed by atoms with Crippen LogP contribution in [0.3, 0.4) is 0 Å². The van der Waals surface area contributed by atoms with E-state index in [1.807, 2.05) is 0 Å². The molecule has 1 saturated carbocycles. The van der Waals surface area contributed by atoms with Crippen LogP contribution >= 0.6 is 0 Å².